The molecule has 1 saturated carbocycles. The van der Waals surface area contributed by atoms with Crippen LogP contribution < -0.4 is 10.6 Å². The summed E-state index contributed by atoms with van der Waals surface area (Å²) in [5, 5.41) is 15.0. The number of carbonyl (C=O) groups excluding carboxylic acids is 2. The average molecular weight is 344 g/mol. The number of hydrogen-bond acceptors (Lipinski definition) is 3. The fourth-order valence-corrected chi connectivity index (χ4v) is 2.83. The van der Waals surface area contributed by atoms with Gasteiger partial charge in [0, 0.05) is 6.92 Å². The van der Waals surface area contributed by atoms with E-state index in [0.29, 0.717) is 12.8 Å². The van der Waals surface area contributed by atoms with Gasteiger partial charge in [-0.3, -0.25) is 9.59 Å². The smallest absolute Gasteiger partial charge is 0.389 e. The van der Waals surface area contributed by atoms with Gasteiger partial charge in [-0.15, -0.1) is 0 Å². The molecule has 0 aromatic heterocycles. The highest BCUT2D eigenvalue weighted by molar-refractivity contribution is 5.99. The molecule has 1 aromatic carbocycles. The number of nitrogens with one attached hydrogen (secondary N) is 2. The van der Waals surface area contributed by atoms with Gasteiger partial charge in [-0.05, 0) is 31.0 Å². The van der Waals surface area contributed by atoms with E-state index < -0.39 is 29.2 Å². The summed E-state index contributed by atoms with van der Waals surface area (Å²) in [4.78, 5) is 23.3. The Bertz CT molecular complexity index is 638. The first-order valence-electron chi connectivity index (χ1n) is 7.60. The zero-order valence-corrected chi connectivity index (χ0v) is 13.2. The van der Waals surface area contributed by atoms with Crippen molar-refractivity contribution < 1.29 is 27.9 Å². The first kappa shape index (κ1) is 18.3. The molecule has 132 valence electrons. The molecule has 0 spiro atoms. The Labute approximate surface area is 137 Å². The van der Waals surface area contributed by atoms with Crippen molar-refractivity contribution in [3.05, 3.63) is 23.8 Å². The van der Waals surface area contributed by atoms with Crippen LogP contribution in [0.3, 0.4) is 0 Å². The van der Waals surface area contributed by atoms with Crippen LogP contribution in [0.2, 0.25) is 0 Å². The van der Waals surface area contributed by atoms with E-state index in [0.717, 1.165) is 31.0 Å². The number of hydrogen-bond donors (Lipinski definition) is 3. The zero-order valence-electron chi connectivity index (χ0n) is 13.2. The van der Waals surface area contributed by atoms with Gasteiger partial charge in [0.05, 0.1) is 29.0 Å². The summed E-state index contributed by atoms with van der Waals surface area (Å²) in [7, 11) is 0. The van der Waals surface area contributed by atoms with Gasteiger partial charge in [0.2, 0.25) is 11.8 Å². The third-order valence-electron chi connectivity index (χ3n) is 3.96. The molecule has 0 aliphatic heterocycles. The lowest BCUT2D eigenvalue weighted by atomic mass is 9.97. The van der Waals surface area contributed by atoms with E-state index in [9.17, 15) is 27.9 Å². The summed E-state index contributed by atoms with van der Waals surface area (Å²) in [5.74, 6) is -1.06. The Kier molecular flexibility index (Phi) is 5.17. The van der Waals surface area contributed by atoms with E-state index in [1.807, 2.05) is 0 Å². The minimum atomic E-state index is -4.57. The quantitative estimate of drug-likeness (QED) is 0.784. The van der Waals surface area contributed by atoms with Gasteiger partial charge in [-0.25, -0.2) is 0 Å². The number of benzene rings is 1. The topological polar surface area (TPSA) is 78.4 Å². The fourth-order valence-electron chi connectivity index (χ4n) is 2.83. The second-order valence-corrected chi connectivity index (χ2v) is 6.10. The number of alkyl halides is 3. The number of amides is 2. The van der Waals surface area contributed by atoms with Crippen LogP contribution in [-0.2, 0) is 15.8 Å². The van der Waals surface area contributed by atoms with E-state index in [1.165, 1.54) is 6.92 Å². The SMILES string of the molecule is CC(=O)Nc1ccc(C(F)(F)F)cc1NC(=O)CC1(O)CCCC1. The molecule has 8 heteroatoms. The minimum Gasteiger partial charge on any atom is -0.389 e. The third-order valence-corrected chi connectivity index (χ3v) is 3.96. The lowest BCUT2D eigenvalue weighted by molar-refractivity contribution is -0.137. The summed E-state index contributed by atoms with van der Waals surface area (Å²) in [6, 6.07) is 2.68. The van der Waals surface area contributed by atoms with Crippen LogP contribution >= 0.6 is 0 Å². The third kappa shape index (κ3) is 4.70. The van der Waals surface area contributed by atoms with Crippen molar-refractivity contribution in [1.82, 2.24) is 0 Å². The first-order valence-corrected chi connectivity index (χ1v) is 7.60. The predicted molar refractivity (Wildman–Crippen MR) is 82.4 cm³/mol. The predicted octanol–water partition coefficient (Wildman–Crippen LogP) is 3.30. The number of carbonyl (C=O) groups is 2. The molecule has 2 rings (SSSR count). The molecule has 0 atom stereocenters. The highest BCUT2D eigenvalue weighted by Gasteiger charge is 2.34. The molecule has 1 fully saturated rings. The molecule has 0 saturated heterocycles. The van der Waals surface area contributed by atoms with Crippen molar-refractivity contribution in [3.8, 4) is 0 Å². The summed E-state index contributed by atoms with van der Waals surface area (Å²) in [6.45, 7) is 1.21. The van der Waals surface area contributed by atoms with E-state index in [4.69, 9.17) is 0 Å². The van der Waals surface area contributed by atoms with E-state index in [2.05, 4.69) is 10.6 Å². The first-order chi connectivity index (χ1) is 11.1. The van der Waals surface area contributed by atoms with Gasteiger partial charge in [-0.2, -0.15) is 13.2 Å². The molecular weight excluding hydrogens is 325 g/mol. The second-order valence-electron chi connectivity index (χ2n) is 6.10. The molecule has 24 heavy (non-hydrogen) atoms. The fraction of sp³-hybridized carbons (Fsp3) is 0.500. The van der Waals surface area contributed by atoms with Gasteiger partial charge in [0.15, 0.2) is 0 Å². The van der Waals surface area contributed by atoms with E-state index in [1.54, 1.807) is 0 Å². The van der Waals surface area contributed by atoms with Crippen molar-refractivity contribution in [1.29, 1.82) is 0 Å². The molecule has 5 nitrogen and oxygen atoms in total. The number of anilines is 2. The maximum atomic E-state index is 12.8. The molecule has 0 heterocycles. The number of aliphatic hydroxyl groups is 1. The lowest BCUT2D eigenvalue weighted by Crippen LogP contribution is -2.31. The van der Waals surface area contributed by atoms with E-state index >= 15 is 0 Å². The van der Waals surface area contributed by atoms with Gasteiger partial charge in [-0.1, -0.05) is 12.8 Å². The monoisotopic (exact) mass is 344 g/mol. The standard InChI is InChI=1S/C16H19F3N2O3/c1-10(22)20-12-5-4-11(16(17,18)19)8-13(12)21-14(23)9-15(24)6-2-3-7-15/h4-5,8,24H,2-3,6-7,9H2,1H3,(H,20,22)(H,21,23). The number of rotatable bonds is 4. The molecule has 1 aromatic rings. The van der Waals surface area contributed by atoms with Crippen LogP contribution in [0.5, 0.6) is 0 Å². The van der Waals surface area contributed by atoms with Gasteiger partial charge in [0.25, 0.3) is 0 Å². The largest absolute Gasteiger partial charge is 0.416 e. The van der Waals surface area contributed by atoms with Crippen molar-refractivity contribution in [2.75, 3.05) is 10.6 Å². The average Bonchev–Trinajstić information content (AvgIpc) is 2.85. The summed E-state index contributed by atoms with van der Waals surface area (Å²) in [5.41, 5.74) is -2.12. The Morgan fingerprint density at radius 3 is 2.33 bits per heavy atom. The van der Waals surface area contributed by atoms with Crippen LogP contribution in [0.4, 0.5) is 24.5 Å². The normalized spacial score (nSPS) is 16.7. The van der Waals surface area contributed by atoms with Crippen LogP contribution in [0, 0.1) is 0 Å². The molecule has 1 aliphatic rings. The van der Waals surface area contributed by atoms with Gasteiger partial charge < -0.3 is 15.7 Å². The molecule has 0 bridgehead atoms. The molecule has 0 radical (unpaired) electrons. The van der Waals surface area contributed by atoms with Crippen LogP contribution in [-0.4, -0.2) is 22.5 Å². The van der Waals surface area contributed by atoms with Crippen molar-refractivity contribution in [2.45, 2.75) is 50.8 Å². The van der Waals surface area contributed by atoms with Gasteiger partial charge >= 0.3 is 6.18 Å². The molecule has 0 unspecified atom stereocenters. The second kappa shape index (κ2) is 6.80. The number of halogens is 3. The van der Waals surface area contributed by atoms with Crippen LogP contribution in [0.25, 0.3) is 0 Å². The van der Waals surface area contributed by atoms with E-state index in [-0.39, 0.29) is 17.8 Å². The maximum Gasteiger partial charge on any atom is 0.416 e. The lowest BCUT2D eigenvalue weighted by Gasteiger charge is -2.22. The maximum absolute atomic E-state index is 12.8. The summed E-state index contributed by atoms with van der Waals surface area (Å²) in [6.07, 6.45) is -2.17. The van der Waals surface area contributed by atoms with Crippen molar-refractivity contribution in [3.63, 3.8) is 0 Å². The van der Waals surface area contributed by atoms with Crippen molar-refractivity contribution in [2.24, 2.45) is 0 Å². The summed E-state index contributed by atoms with van der Waals surface area (Å²) >= 11 is 0. The highest BCUT2D eigenvalue weighted by atomic mass is 19.4. The molecule has 1 aliphatic carbocycles. The minimum absolute atomic E-state index is 0.0715. The summed E-state index contributed by atoms with van der Waals surface area (Å²) < 4.78 is 38.5. The highest BCUT2D eigenvalue weighted by Crippen LogP contribution is 2.35. The molecule has 2 amide bonds. The van der Waals surface area contributed by atoms with Crippen LogP contribution in [0.15, 0.2) is 18.2 Å². The van der Waals surface area contributed by atoms with Crippen LogP contribution in [0.1, 0.15) is 44.6 Å². The molecule has 3 N–H and O–H groups in total. The Hall–Kier alpha value is -2.09. The Morgan fingerprint density at radius 2 is 1.79 bits per heavy atom. The van der Waals surface area contributed by atoms with Gasteiger partial charge in [0.1, 0.15) is 0 Å². The zero-order chi connectivity index (χ0) is 18.0. The molecular formula is C16H19F3N2O3. The Balaban J connectivity index is 2.21. The Morgan fingerprint density at radius 1 is 1.17 bits per heavy atom. The van der Waals surface area contributed by atoms with Crippen molar-refractivity contribution >= 4 is 23.2 Å².